The van der Waals surface area contributed by atoms with Crippen LogP contribution in [0.5, 0.6) is 0 Å². The third-order valence-electron chi connectivity index (χ3n) is 1.14. The van der Waals surface area contributed by atoms with Crippen molar-refractivity contribution in [2.24, 2.45) is 0 Å². The summed E-state index contributed by atoms with van der Waals surface area (Å²) in [6.45, 7) is 2.09. The van der Waals surface area contributed by atoms with Crippen molar-refractivity contribution in [3.05, 3.63) is 0 Å². The molecule has 66 valence electrons. The van der Waals surface area contributed by atoms with Gasteiger partial charge in [0, 0.05) is 6.42 Å². The van der Waals surface area contributed by atoms with Gasteiger partial charge >= 0.3 is 0 Å². The average Bonchev–Trinajstić information content (AvgIpc) is 2.01. The fourth-order valence-electron chi connectivity index (χ4n) is 0.566. The zero-order valence-electron chi connectivity index (χ0n) is 6.80. The topological polar surface area (TPSA) is 58.6 Å². The van der Waals surface area contributed by atoms with Gasteiger partial charge in [-0.2, -0.15) is 0 Å². The molecule has 11 heavy (non-hydrogen) atoms. The lowest BCUT2D eigenvalue weighted by Crippen LogP contribution is -2.24. The van der Waals surface area contributed by atoms with Crippen molar-refractivity contribution in [1.29, 1.82) is 0 Å². The van der Waals surface area contributed by atoms with Gasteiger partial charge in [0.25, 0.3) is 0 Å². The van der Waals surface area contributed by atoms with Gasteiger partial charge in [0.2, 0.25) is 5.91 Å². The second kappa shape index (κ2) is 7.50. The molecule has 0 saturated carbocycles. The van der Waals surface area contributed by atoms with Gasteiger partial charge in [-0.25, -0.2) is 5.48 Å². The smallest absolute Gasteiger partial charge is 0.243 e. The summed E-state index contributed by atoms with van der Waals surface area (Å²) in [5.41, 5.74) is 2.22. The highest BCUT2D eigenvalue weighted by molar-refractivity contribution is 5.74. The molecular weight excluding hydrogens is 146 g/mol. The SMILES string of the molecule is CCCCC(=O)NOCCO. The van der Waals surface area contributed by atoms with Gasteiger partial charge in [-0.15, -0.1) is 0 Å². The van der Waals surface area contributed by atoms with E-state index in [0.717, 1.165) is 12.8 Å². The van der Waals surface area contributed by atoms with Crippen molar-refractivity contribution >= 4 is 5.91 Å². The van der Waals surface area contributed by atoms with E-state index in [4.69, 9.17) is 5.11 Å². The number of amides is 1. The third kappa shape index (κ3) is 7.29. The van der Waals surface area contributed by atoms with Gasteiger partial charge in [0.15, 0.2) is 0 Å². The molecule has 0 saturated heterocycles. The summed E-state index contributed by atoms with van der Waals surface area (Å²) in [5, 5.41) is 8.28. The number of hydrogen-bond donors (Lipinski definition) is 2. The summed E-state index contributed by atoms with van der Waals surface area (Å²) in [4.78, 5) is 15.4. The molecule has 0 aromatic rings. The Morgan fingerprint density at radius 1 is 1.64 bits per heavy atom. The van der Waals surface area contributed by atoms with Crippen LogP contribution in [0.4, 0.5) is 0 Å². The van der Waals surface area contributed by atoms with Crippen LogP contribution in [0.1, 0.15) is 26.2 Å². The van der Waals surface area contributed by atoms with E-state index < -0.39 is 0 Å². The first-order valence-corrected chi connectivity index (χ1v) is 3.82. The molecule has 1 amide bonds. The van der Waals surface area contributed by atoms with Crippen molar-refractivity contribution in [3.8, 4) is 0 Å². The normalized spacial score (nSPS) is 9.64. The Morgan fingerprint density at radius 2 is 2.36 bits per heavy atom. The summed E-state index contributed by atoms with van der Waals surface area (Å²) >= 11 is 0. The molecule has 0 aromatic heterocycles. The van der Waals surface area contributed by atoms with Crippen molar-refractivity contribution in [1.82, 2.24) is 5.48 Å². The van der Waals surface area contributed by atoms with E-state index in [1.54, 1.807) is 0 Å². The zero-order valence-corrected chi connectivity index (χ0v) is 6.80. The molecule has 0 radical (unpaired) electrons. The molecule has 0 aliphatic heterocycles. The maximum atomic E-state index is 10.8. The minimum absolute atomic E-state index is 0.0753. The lowest BCUT2D eigenvalue weighted by molar-refractivity contribution is -0.134. The fourth-order valence-corrected chi connectivity index (χ4v) is 0.566. The van der Waals surface area contributed by atoms with Crippen LogP contribution in [0.25, 0.3) is 0 Å². The summed E-state index contributed by atoms with van der Waals surface area (Å²) in [6, 6.07) is 0. The molecule has 0 aromatic carbocycles. The lowest BCUT2D eigenvalue weighted by Gasteiger charge is -2.02. The maximum absolute atomic E-state index is 10.8. The van der Waals surface area contributed by atoms with E-state index in [1.165, 1.54) is 0 Å². The third-order valence-corrected chi connectivity index (χ3v) is 1.14. The summed E-state index contributed by atoms with van der Waals surface area (Å²) in [7, 11) is 0. The molecule has 0 spiro atoms. The van der Waals surface area contributed by atoms with Crippen molar-refractivity contribution in [2.75, 3.05) is 13.2 Å². The molecule has 0 aliphatic carbocycles. The first-order chi connectivity index (χ1) is 5.31. The van der Waals surface area contributed by atoms with E-state index in [9.17, 15) is 4.79 Å². The highest BCUT2D eigenvalue weighted by Gasteiger charge is 1.97. The number of hydrogen-bond acceptors (Lipinski definition) is 3. The van der Waals surface area contributed by atoms with Crippen LogP contribution in [0.3, 0.4) is 0 Å². The van der Waals surface area contributed by atoms with E-state index in [0.29, 0.717) is 6.42 Å². The second-order valence-electron chi connectivity index (χ2n) is 2.20. The Kier molecular flexibility index (Phi) is 7.08. The minimum atomic E-state index is -0.125. The molecule has 0 atom stereocenters. The van der Waals surface area contributed by atoms with E-state index >= 15 is 0 Å². The van der Waals surface area contributed by atoms with Crippen LogP contribution < -0.4 is 5.48 Å². The van der Waals surface area contributed by atoms with E-state index in [-0.39, 0.29) is 19.1 Å². The van der Waals surface area contributed by atoms with Crippen LogP contribution >= 0.6 is 0 Å². The van der Waals surface area contributed by atoms with Crippen molar-refractivity contribution < 1.29 is 14.7 Å². The molecule has 0 unspecified atom stereocenters. The molecule has 0 aliphatic rings. The van der Waals surface area contributed by atoms with E-state index in [1.807, 2.05) is 6.92 Å². The van der Waals surface area contributed by atoms with Crippen LogP contribution in [0.2, 0.25) is 0 Å². The number of carbonyl (C=O) groups is 1. The Morgan fingerprint density at radius 3 is 2.91 bits per heavy atom. The highest BCUT2D eigenvalue weighted by Crippen LogP contribution is 1.92. The number of aliphatic hydroxyl groups is 1. The Hall–Kier alpha value is -0.610. The summed E-state index contributed by atoms with van der Waals surface area (Å²) in [6.07, 6.45) is 2.35. The van der Waals surface area contributed by atoms with Gasteiger partial charge in [-0.05, 0) is 6.42 Å². The summed E-state index contributed by atoms with van der Waals surface area (Å²) in [5.74, 6) is -0.125. The molecule has 0 fully saturated rings. The fraction of sp³-hybridized carbons (Fsp3) is 0.857. The first-order valence-electron chi connectivity index (χ1n) is 3.82. The number of hydroxylamine groups is 1. The number of nitrogens with one attached hydrogen (secondary N) is 1. The summed E-state index contributed by atoms with van der Waals surface area (Å²) < 4.78 is 0. The highest BCUT2D eigenvalue weighted by atomic mass is 16.7. The predicted octanol–water partition coefficient (Wildman–Crippen LogP) is 0.217. The Balaban J connectivity index is 3.09. The van der Waals surface area contributed by atoms with Crippen LogP contribution in [-0.2, 0) is 9.63 Å². The Bertz CT molecular complexity index is 106. The quantitative estimate of drug-likeness (QED) is 0.432. The largest absolute Gasteiger partial charge is 0.394 e. The molecular formula is C7H15NO3. The molecule has 0 rings (SSSR count). The maximum Gasteiger partial charge on any atom is 0.243 e. The van der Waals surface area contributed by atoms with Crippen LogP contribution in [0, 0.1) is 0 Å². The number of rotatable bonds is 6. The monoisotopic (exact) mass is 161 g/mol. The van der Waals surface area contributed by atoms with Gasteiger partial charge in [0.05, 0.1) is 13.2 Å². The van der Waals surface area contributed by atoms with E-state index in [2.05, 4.69) is 10.3 Å². The second-order valence-corrected chi connectivity index (χ2v) is 2.20. The van der Waals surface area contributed by atoms with Crippen molar-refractivity contribution in [2.45, 2.75) is 26.2 Å². The predicted molar refractivity (Wildman–Crippen MR) is 40.7 cm³/mol. The Labute approximate surface area is 66.5 Å². The number of unbranched alkanes of at least 4 members (excludes halogenated alkanes) is 1. The average molecular weight is 161 g/mol. The van der Waals surface area contributed by atoms with Crippen molar-refractivity contribution in [3.63, 3.8) is 0 Å². The molecule has 0 bridgehead atoms. The molecule has 4 heteroatoms. The van der Waals surface area contributed by atoms with Crippen LogP contribution in [-0.4, -0.2) is 24.2 Å². The van der Waals surface area contributed by atoms with Gasteiger partial charge < -0.3 is 5.11 Å². The molecule has 4 nitrogen and oxygen atoms in total. The molecule has 2 N–H and O–H groups in total. The first kappa shape index (κ1) is 10.4. The van der Waals surface area contributed by atoms with Gasteiger partial charge in [-0.3, -0.25) is 9.63 Å². The number of aliphatic hydroxyl groups excluding tert-OH is 1. The lowest BCUT2D eigenvalue weighted by atomic mass is 10.2. The molecule has 0 heterocycles. The minimum Gasteiger partial charge on any atom is -0.394 e. The van der Waals surface area contributed by atoms with Gasteiger partial charge in [0.1, 0.15) is 0 Å². The zero-order chi connectivity index (χ0) is 8.53. The standard InChI is InChI=1S/C7H15NO3/c1-2-3-4-7(10)8-11-6-5-9/h9H,2-6H2,1H3,(H,8,10). The number of carbonyl (C=O) groups excluding carboxylic acids is 1. The van der Waals surface area contributed by atoms with Gasteiger partial charge in [-0.1, -0.05) is 13.3 Å². The van der Waals surface area contributed by atoms with Crippen LogP contribution in [0.15, 0.2) is 0 Å².